The van der Waals surface area contributed by atoms with Crippen molar-refractivity contribution in [3.8, 4) is 11.1 Å². The van der Waals surface area contributed by atoms with Gasteiger partial charge in [0.1, 0.15) is 0 Å². The van der Waals surface area contributed by atoms with Crippen LogP contribution in [0, 0.1) is 41.5 Å². The van der Waals surface area contributed by atoms with Crippen molar-refractivity contribution in [2.45, 2.75) is 41.5 Å². The van der Waals surface area contributed by atoms with E-state index in [2.05, 4.69) is 75.8 Å². The van der Waals surface area contributed by atoms with Gasteiger partial charge >= 0.3 is 0 Å². The number of hydrogen-bond acceptors (Lipinski definition) is 0. The number of aromatic amines is 2. The minimum Gasteiger partial charge on any atom is -0.358 e. The van der Waals surface area contributed by atoms with Crippen LogP contribution in [0.5, 0.6) is 0 Å². The van der Waals surface area contributed by atoms with Gasteiger partial charge in [-0.25, -0.2) is 0 Å². The molecule has 4 rings (SSSR count). The highest BCUT2D eigenvalue weighted by Gasteiger charge is 2.18. The Hall–Kier alpha value is -2.48. The molecule has 2 heteroatoms. The van der Waals surface area contributed by atoms with E-state index in [4.69, 9.17) is 0 Å². The summed E-state index contributed by atoms with van der Waals surface area (Å²) in [5.41, 5.74) is 12.9. The number of aryl methyl sites for hydroxylation is 6. The third-order valence-corrected chi connectivity index (χ3v) is 5.45. The summed E-state index contributed by atoms with van der Waals surface area (Å²) in [6.45, 7) is 13.1. The number of benzene rings is 2. The Morgan fingerprint density at radius 2 is 0.833 bits per heavy atom. The Morgan fingerprint density at radius 3 is 1.21 bits per heavy atom. The molecule has 0 radical (unpaired) electrons. The van der Waals surface area contributed by atoms with E-state index < -0.39 is 0 Å². The van der Waals surface area contributed by atoms with E-state index in [1.807, 2.05) is 0 Å². The lowest BCUT2D eigenvalue weighted by Crippen LogP contribution is -1.84. The SMILES string of the molecule is Cc1cc2[nH]c(C)c(-c3c(C)[nH]c4cc(C)c(C)cc34)c2cc1C. The molecule has 0 amide bonds. The van der Waals surface area contributed by atoms with Crippen LogP contribution < -0.4 is 0 Å². The lowest BCUT2D eigenvalue weighted by atomic mass is 9.96. The van der Waals surface area contributed by atoms with Gasteiger partial charge < -0.3 is 9.97 Å². The van der Waals surface area contributed by atoms with Crippen LogP contribution in [0.2, 0.25) is 0 Å². The lowest BCUT2D eigenvalue weighted by Gasteiger charge is -2.06. The molecule has 0 aliphatic carbocycles. The molecule has 2 N–H and O–H groups in total. The lowest BCUT2D eigenvalue weighted by molar-refractivity contribution is 1.27. The molecule has 0 bridgehead atoms. The quantitative estimate of drug-likeness (QED) is 0.421. The number of hydrogen-bond donors (Lipinski definition) is 2. The molecule has 0 saturated heterocycles. The zero-order valence-corrected chi connectivity index (χ0v) is 15.3. The van der Waals surface area contributed by atoms with E-state index in [0.29, 0.717) is 0 Å². The number of nitrogens with one attached hydrogen (secondary N) is 2. The van der Waals surface area contributed by atoms with Gasteiger partial charge in [-0.05, 0) is 88.1 Å². The second-order valence-electron chi connectivity index (χ2n) is 7.21. The van der Waals surface area contributed by atoms with E-state index in [0.717, 1.165) is 0 Å². The predicted octanol–water partition coefficient (Wildman–Crippen LogP) is 6.17. The van der Waals surface area contributed by atoms with Crippen molar-refractivity contribution >= 4 is 21.8 Å². The van der Waals surface area contributed by atoms with Crippen LogP contribution in [0.3, 0.4) is 0 Å². The summed E-state index contributed by atoms with van der Waals surface area (Å²) in [5.74, 6) is 0. The molecule has 122 valence electrons. The molecule has 2 aromatic heterocycles. The number of H-pyrrole nitrogens is 2. The molecule has 0 atom stereocenters. The molecule has 0 spiro atoms. The first-order valence-electron chi connectivity index (χ1n) is 8.56. The summed E-state index contributed by atoms with van der Waals surface area (Å²) in [6, 6.07) is 9.17. The summed E-state index contributed by atoms with van der Waals surface area (Å²) in [7, 11) is 0. The molecule has 2 nitrogen and oxygen atoms in total. The van der Waals surface area contributed by atoms with Crippen molar-refractivity contribution in [1.82, 2.24) is 9.97 Å². The highest BCUT2D eigenvalue weighted by atomic mass is 14.7. The number of rotatable bonds is 1. The molecular formula is C22H24N2. The van der Waals surface area contributed by atoms with Gasteiger partial charge in [-0.2, -0.15) is 0 Å². The maximum absolute atomic E-state index is 3.59. The molecule has 0 unspecified atom stereocenters. The van der Waals surface area contributed by atoms with E-state index in [1.54, 1.807) is 0 Å². The summed E-state index contributed by atoms with van der Waals surface area (Å²) in [5, 5.41) is 2.63. The minimum absolute atomic E-state index is 1.23. The third kappa shape index (κ3) is 2.02. The standard InChI is InChI=1S/C22H24N2/c1-11-7-17-19(9-13(11)3)23-15(5)21(17)22-16(6)24-20-10-14(4)12(2)8-18(20)22/h7-10,23-24H,1-6H3. The largest absolute Gasteiger partial charge is 0.358 e. The van der Waals surface area contributed by atoms with Gasteiger partial charge in [0.25, 0.3) is 0 Å². The fourth-order valence-corrected chi connectivity index (χ4v) is 3.83. The fraction of sp³-hybridized carbons (Fsp3) is 0.273. The average molecular weight is 316 g/mol. The van der Waals surface area contributed by atoms with Crippen molar-refractivity contribution in [3.05, 3.63) is 57.9 Å². The van der Waals surface area contributed by atoms with Crippen LogP contribution in [-0.4, -0.2) is 9.97 Å². The van der Waals surface area contributed by atoms with Gasteiger partial charge in [0, 0.05) is 44.3 Å². The Balaban J connectivity index is 2.13. The predicted molar refractivity (Wildman–Crippen MR) is 104 cm³/mol. The summed E-state index contributed by atoms with van der Waals surface area (Å²) < 4.78 is 0. The van der Waals surface area contributed by atoms with Crippen LogP contribution in [0.4, 0.5) is 0 Å². The normalized spacial score (nSPS) is 11.8. The topological polar surface area (TPSA) is 31.6 Å². The second kappa shape index (κ2) is 5.01. The Kier molecular flexibility index (Phi) is 3.14. The molecule has 4 aromatic rings. The first-order chi connectivity index (χ1) is 11.4. The highest BCUT2D eigenvalue weighted by Crippen LogP contribution is 2.40. The molecule has 0 saturated carbocycles. The average Bonchev–Trinajstić information content (AvgIpc) is 2.96. The van der Waals surface area contributed by atoms with Crippen molar-refractivity contribution in [3.63, 3.8) is 0 Å². The van der Waals surface area contributed by atoms with Crippen LogP contribution in [-0.2, 0) is 0 Å². The minimum atomic E-state index is 1.23. The third-order valence-electron chi connectivity index (χ3n) is 5.45. The van der Waals surface area contributed by atoms with Crippen molar-refractivity contribution in [2.24, 2.45) is 0 Å². The van der Waals surface area contributed by atoms with Crippen LogP contribution in [0.25, 0.3) is 32.9 Å². The van der Waals surface area contributed by atoms with Gasteiger partial charge in [-0.15, -0.1) is 0 Å². The maximum atomic E-state index is 3.59. The van der Waals surface area contributed by atoms with Gasteiger partial charge in [0.05, 0.1) is 0 Å². The highest BCUT2D eigenvalue weighted by molar-refractivity contribution is 6.07. The first-order valence-corrected chi connectivity index (χ1v) is 8.56. The summed E-state index contributed by atoms with van der Waals surface area (Å²) >= 11 is 0. The van der Waals surface area contributed by atoms with Gasteiger partial charge in [-0.1, -0.05) is 0 Å². The fourth-order valence-electron chi connectivity index (χ4n) is 3.83. The van der Waals surface area contributed by atoms with E-state index in [1.165, 1.54) is 66.6 Å². The maximum Gasteiger partial charge on any atom is 0.0465 e. The smallest absolute Gasteiger partial charge is 0.0465 e. The Labute approximate surface area is 142 Å². The molecule has 0 aliphatic heterocycles. The van der Waals surface area contributed by atoms with Crippen LogP contribution in [0.15, 0.2) is 24.3 Å². The van der Waals surface area contributed by atoms with Crippen LogP contribution >= 0.6 is 0 Å². The van der Waals surface area contributed by atoms with E-state index in [9.17, 15) is 0 Å². The zero-order valence-electron chi connectivity index (χ0n) is 15.3. The van der Waals surface area contributed by atoms with Gasteiger partial charge in [0.2, 0.25) is 0 Å². The summed E-state index contributed by atoms with van der Waals surface area (Å²) in [4.78, 5) is 7.17. The monoisotopic (exact) mass is 316 g/mol. The molecule has 0 fully saturated rings. The second-order valence-corrected chi connectivity index (χ2v) is 7.21. The van der Waals surface area contributed by atoms with Crippen molar-refractivity contribution in [1.29, 1.82) is 0 Å². The van der Waals surface area contributed by atoms with E-state index >= 15 is 0 Å². The zero-order chi connectivity index (χ0) is 17.2. The Bertz CT molecular complexity index is 1020. The molecule has 2 aromatic carbocycles. The van der Waals surface area contributed by atoms with Crippen molar-refractivity contribution in [2.75, 3.05) is 0 Å². The van der Waals surface area contributed by atoms with Crippen molar-refractivity contribution < 1.29 is 0 Å². The number of aromatic nitrogens is 2. The Morgan fingerprint density at radius 1 is 0.500 bits per heavy atom. The molecule has 0 aliphatic rings. The number of fused-ring (bicyclic) bond motifs is 2. The molecule has 24 heavy (non-hydrogen) atoms. The van der Waals surface area contributed by atoms with Gasteiger partial charge in [0.15, 0.2) is 0 Å². The molecular weight excluding hydrogens is 292 g/mol. The molecule has 2 heterocycles. The van der Waals surface area contributed by atoms with Crippen LogP contribution in [0.1, 0.15) is 33.6 Å². The first kappa shape index (κ1) is 15.1. The summed E-state index contributed by atoms with van der Waals surface area (Å²) in [6.07, 6.45) is 0. The van der Waals surface area contributed by atoms with Gasteiger partial charge in [-0.3, -0.25) is 0 Å². The van der Waals surface area contributed by atoms with E-state index in [-0.39, 0.29) is 0 Å².